The number of nitrogens with one attached hydrogen (secondary N) is 1. The van der Waals surface area contributed by atoms with Crippen molar-refractivity contribution in [1.29, 1.82) is 0 Å². The molecule has 5 nitrogen and oxygen atoms in total. The van der Waals surface area contributed by atoms with Crippen LogP contribution in [0.2, 0.25) is 0 Å². The van der Waals surface area contributed by atoms with Gasteiger partial charge in [-0.25, -0.2) is 0 Å². The van der Waals surface area contributed by atoms with E-state index in [9.17, 15) is 4.79 Å². The summed E-state index contributed by atoms with van der Waals surface area (Å²) in [7, 11) is 1.78. The Hall–Kier alpha value is -2.66. The molecule has 0 radical (unpaired) electrons. The molecule has 134 valence electrons. The van der Waals surface area contributed by atoms with Crippen LogP contribution in [0.15, 0.2) is 48.7 Å². The van der Waals surface area contributed by atoms with Gasteiger partial charge in [-0.05, 0) is 37.3 Å². The van der Waals surface area contributed by atoms with Gasteiger partial charge in [0.25, 0.3) is 5.91 Å². The minimum atomic E-state index is -0.305. The molecule has 1 aromatic heterocycles. The molecule has 1 amide bonds. The highest BCUT2D eigenvalue weighted by molar-refractivity contribution is 5.93. The number of carbonyl (C=O) groups is 1. The second-order valence-corrected chi connectivity index (χ2v) is 6.90. The van der Waals surface area contributed by atoms with Crippen molar-refractivity contribution >= 4 is 11.5 Å². The fourth-order valence-electron chi connectivity index (χ4n) is 3.52. The first-order valence-electron chi connectivity index (χ1n) is 9.06. The van der Waals surface area contributed by atoms with Gasteiger partial charge in [-0.15, -0.1) is 0 Å². The summed E-state index contributed by atoms with van der Waals surface area (Å²) in [5.41, 5.74) is 3.35. The van der Waals surface area contributed by atoms with Crippen molar-refractivity contribution in [2.75, 3.05) is 26.7 Å². The maximum absolute atomic E-state index is 12.3. The average Bonchev–Trinajstić information content (AvgIpc) is 3.13. The molecule has 1 atom stereocenters. The average molecular weight is 349 g/mol. The van der Waals surface area contributed by atoms with Gasteiger partial charge in [-0.1, -0.05) is 24.3 Å². The predicted molar refractivity (Wildman–Crippen MR) is 101 cm³/mol. The molecular formula is C21H23N3O2. The first-order valence-corrected chi connectivity index (χ1v) is 9.06. The fraction of sp³-hybridized carbons (Fsp3) is 0.333. The van der Waals surface area contributed by atoms with Crippen LogP contribution in [-0.2, 0) is 0 Å². The van der Waals surface area contributed by atoms with Crippen molar-refractivity contribution < 1.29 is 9.53 Å². The molecule has 1 spiro atoms. The van der Waals surface area contributed by atoms with E-state index in [1.807, 2.05) is 37.3 Å². The number of rotatable bonds is 3. The van der Waals surface area contributed by atoms with E-state index in [0.717, 1.165) is 42.0 Å². The van der Waals surface area contributed by atoms with Crippen molar-refractivity contribution in [2.45, 2.75) is 18.9 Å². The van der Waals surface area contributed by atoms with Gasteiger partial charge >= 0.3 is 0 Å². The number of hydrogen-bond donors (Lipinski definition) is 1. The number of ether oxygens (including phenoxy) is 1. The number of fused-ring (bicyclic) bond motifs is 1. The van der Waals surface area contributed by atoms with Crippen LogP contribution in [-0.4, -0.2) is 48.1 Å². The van der Waals surface area contributed by atoms with Gasteiger partial charge in [0.1, 0.15) is 17.0 Å². The molecule has 2 aromatic rings. The Morgan fingerprint density at radius 3 is 2.85 bits per heavy atom. The number of carbonyl (C=O) groups excluding carboxylic acids is 1. The van der Waals surface area contributed by atoms with E-state index in [-0.39, 0.29) is 11.5 Å². The molecule has 26 heavy (non-hydrogen) atoms. The van der Waals surface area contributed by atoms with Gasteiger partial charge in [0.2, 0.25) is 0 Å². The first-order chi connectivity index (χ1) is 12.6. The third kappa shape index (κ3) is 2.88. The molecular weight excluding hydrogens is 326 g/mol. The molecule has 5 heteroatoms. The Morgan fingerprint density at radius 2 is 2.15 bits per heavy atom. The van der Waals surface area contributed by atoms with Crippen LogP contribution in [0.25, 0.3) is 5.57 Å². The van der Waals surface area contributed by atoms with Crippen LogP contribution < -0.4 is 10.1 Å². The van der Waals surface area contributed by atoms with Crippen LogP contribution >= 0.6 is 0 Å². The summed E-state index contributed by atoms with van der Waals surface area (Å²) in [4.78, 5) is 18.4. The number of hydrogen-bond acceptors (Lipinski definition) is 4. The number of amides is 1. The molecule has 3 heterocycles. The zero-order valence-corrected chi connectivity index (χ0v) is 15.2. The molecule has 2 aliphatic rings. The summed E-state index contributed by atoms with van der Waals surface area (Å²) in [5, 5.41) is 3.39. The van der Waals surface area contributed by atoms with Crippen molar-refractivity contribution in [2.24, 2.45) is 0 Å². The van der Waals surface area contributed by atoms with Gasteiger partial charge in [0, 0.05) is 43.9 Å². The van der Waals surface area contributed by atoms with Gasteiger partial charge in [-0.2, -0.15) is 0 Å². The summed E-state index contributed by atoms with van der Waals surface area (Å²) in [6.45, 7) is 4.36. The van der Waals surface area contributed by atoms with Gasteiger partial charge in [-0.3, -0.25) is 9.78 Å². The standard InChI is InChI=1S/C21H23N3O2/c1-3-24(2)20(25)18-9-8-15(13-23-18)17-12-21(10-11-22-14-21)26-19-7-5-4-6-16(17)19/h4-9,12-13,22H,3,10-11,14H2,1-2H3. The third-order valence-corrected chi connectivity index (χ3v) is 5.16. The van der Waals surface area contributed by atoms with Crippen molar-refractivity contribution in [3.05, 3.63) is 65.5 Å². The molecule has 1 unspecified atom stereocenters. The number of benzene rings is 1. The first kappa shape index (κ1) is 16.8. The zero-order chi connectivity index (χ0) is 18.1. The number of aromatic nitrogens is 1. The lowest BCUT2D eigenvalue weighted by Crippen LogP contribution is -2.38. The Labute approximate surface area is 153 Å². The van der Waals surface area contributed by atoms with Gasteiger partial charge < -0.3 is 15.0 Å². The molecule has 0 bridgehead atoms. The smallest absolute Gasteiger partial charge is 0.272 e. The van der Waals surface area contributed by atoms with Crippen LogP contribution in [0.5, 0.6) is 5.75 Å². The highest BCUT2D eigenvalue weighted by Crippen LogP contribution is 2.41. The number of nitrogens with zero attached hydrogens (tertiary/aromatic N) is 2. The molecule has 4 rings (SSSR count). The van der Waals surface area contributed by atoms with E-state index < -0.39 is 0 Å². The van der Waals surface area contributed by atoms with E-state index in [1.165, 1.54) is 0 Å². The largest absolute Gasteiger partial charge is 0.481 e. The third-order valence-electron chi connectivity index (χ3n) is 5.16. The van der Waals surface area contributed by atoms with E-state index in [2.05, 4.69) is 22.4 Å². The van der Waals surface area contributed by atoms with Crippen LogP contribution in [0, 0.1) is 0 Å². The SMILES string of the molecule is CCN(C)C(=O)c1ccc(C2=CC3(CCNC3)Oc3ccccc32)cn1. The Morgan fingerprint density at radius 1 is 1.31 bits per heavy atom. The maximum atomic E-state index is 12.3. The molecule has 0 aliphatic carbocycles. The minimum Gasteiger partial charge on any atom is -0.481 e. The van der Waals surface area contributed by atoms with E-state index >= 15 is 0 Å². The van der Waals surface area contributed by atoms with Gasteiger partial charge in [0.05, 0.1) is 0 Å². The maximum Gasteiger partial charge on any atom is 0.272 e. The quantitative estimate of drug-likeness (QED) is 0.926. The molecule has 0 saturated carbocycles. The van der Waals surface area contributed by atoms with Crippen LogP contribution in [0.3, 0.4) is 0 Å². The van der Waals surface area contributed by atoms with Crippen molar-refractivity contribution in [1.82, 2.24) is 15.2 Å². The van der Waals surface area contributed by atoms with Gasteiger partial charge in [0.15, 0.2) is 0 Å². The van der Waals surface area contributed by atoms with Crippen molar-refractivity contribution in [3.8, 4) is 5.75 Å². The summed E-state index contributed by atoms with van der Waals surface area (Å²) in [5.74, 6) is 0.844. The second kappa shape index (κ2) is 6.57. The second-order valence-electron chi connectivity index (χ2n) is 6.90. The molecule has 1 N–H and O–H groups in total. The molecule has 1 saturated heterocycles. The minimum absolute atomic E-state index is 0.0585. The van der Waals surface area contributed by atoms with Crippen LogP contribution in [0.4, 0.5) is 0 Å². The van der Waals surface area contributed by atoms with Crippen LogP contribution in [0.1, 0.15) is 35.0 Å². The number of pyridine rings is 1. The zero-order valence-electron chi connectivity index (χ0n) is 15.2. The highest BCUT2D eigenvalue weighted by atomic mass is 16.5. The Kier molecular flexibility index (Phi) is 4.24. The number of para-hydroxylation sites is 1. The van der Waals surface area contributed by atoms with E-state index in [1.54, 1.807) is 18.1 Å². The summed E-state index contributed by atoms with van der Waals surface area (Å²) in [6, 6.07) is 11.9. The summed E-state index contributed by atoms with van der Waals surface area (Å²) >= 11 is 0. The monoisotopic (exact) mass is 349 g/mol. The topological polar surface area (TPSA) is 54.5 Å². The Bertz CT molecular complexity index is 852. The normalized spacial score (nSPS) is 21.1. The lowest BCUT2D eigenvalue weighted by molar-refractivity contribution is 0.0796. The molecule has 2 aliphatic heterocycles. The summed E-state index contributed by atoms with van der Waals surface area (Å²) < 4.78 is 6.32. The summed E-state index contributed by atoms with van der Waals surface area (Å²) in [6.07, 6.45) is 4.95. The molecule has 1 aromatic carbocycles. The fourth-order valence-corrected chi connectivity index (χ4v) is 3.52. The van der Waals surface area contributed by atoms with E-state index in [0.29, 0.717) is 12.2 Å². The lowest BCUT2D eigenvalue weighted by Gasteiger charge is -2.33. The molecule has 1 fully saturated rings. The highest BCUT2D eigenvalue weighted by Gasteiger charge is 2.38. The van der Waals surface area contributed by atoms with Crippen molar-refractivity contribution in [3.63, 3.8) is 0 Å². The Balaban J connectivity index is 1.73. The van der Waals surface area contributed by atoms with E-state index in [4.69, 9.17) is 4.74 Å². The lowest BCUT2D eigenvalue weighted by atomic mass is 9.88. The predicted octanol–water partition coefficient (Wildman–Crippen LogP) is 2.73.